The molecule has 1 aromatic heterocycles. The Morgan fingerprint density at radius 3 is 2.58 bits per heavy atom. The van der Waals surface area contributed by atoms with Crippen molar-refractivity contribution < 1.29 is 9.47 Å². The van der Waals surface area contributed by atoms with Crippen LogP contribution in [0.4, 0.5) is 5.95 Å². The fraction of sp³-hybridized carbons (Fsp3) is 0.357. The minimum atomic E-state index is 0.463. The van der Waals surface area contributed by atoms with Gasteiger partial charge in [-0.25, -0.2) is 4.98 Å². The number of aryl methyl sites for hydroxylation is 3. The van der Waals surface area contributed by atoms with E-state index in [4.69, 9.17) is 15.2 Å². The van der Waals surface area contributed by atoms with Crippen LogP contribution in [0.25, 0.3) is 0 Å². The standard InChI is InChI=1S/C14H19N3O2/c1-9-12(17-14(15)16-9)6-4-10-8-11(18-2)5-7-13(10)19-3/h5,7-8H,4,6H2,1-3H3,(H3,15,16,17). The summed E-state index contributed by atoms with van der Waals surface area (Å²) in [5, 5.41) is 0. The maximum atomic E-state index is 5.64. The van der Waals surface area contributed by atoms with Crippen molar-refractivity contribution in [2.45, 2.75) is 19.8 Å². The van der Waals surface area contributed by atoms with Gasteiger partial charge in [-0.15, -0.1) is 0 Å². The van der Waals surface area contributed by atoms with E-state index >= 15 is 0 Å². The lowest BCUT2D eigenvalue weighted by Crippen LogP contribution is -1.98. The molecule has 0 fully saturated rings. The molecule has 1 aromatic carbocycles. The van der Waals surface area contributed by atoms with Crippen LogP contribution in [0.1, 0.15) is 17.0 Å². The van der Waals surface area contributed by atoms with Crippen LogP contribution in [0.3, 0.4) is 0 Å². The van der Waals surface area contributed by atoms with E-state index < -0.39 is 0 Å². The Balaban J connectivity index is 2.16. The van der Waals surface area contributed by atoms with E-state index in [2.05, 4.69) is 9.97 Å². The number of hydrogen-bond acceptors (Lipinski definition) is 4. The number of imidazole rings is 1. The first-order valence-electron chi connectivity index (χ1n) is 6.16. The van der Waals surface area contributed by atoms with Gasteiger partial charge < -0.3 is 20.2 Å². The molecular weight excluding hydrogens is 242 g/mol. The van der Waals surface area contributed by atoms with Crippen molar-refractivity contribution in [1.82, 2.24) is 9.97 Å². The highest BCUT2D eigenvalue weighted by atomic mass is 16.5. The maximum Gasteiger partial charge on any atom is 0.197 e. The summed E-state index contributed by atoms with van der Waals surface area (Å²) < 4.78 is 10.6. The average molecular weight is 261 g/mol. The van der Waals surface area contributed by atoms with Crippen LogP contribution in [0, 0.1) is 6.92 Å². The van der Waals surface area contributed by atoms with Gasteiger partial charge in [-0.3, -0.25) is 0 Å². The highest BCUT2D eigenvalue weighted by Gasteiger charge is 2.09. The van der Waals surface area contributed by atoms with Gasteiger partial charge in [0, 0.05) is 5.69 Å². The third-order valence-electron chi connectivity index (χ3n) is 3.12. The molecule has 3 N–H and O–H groups in total. The zero-order valence-corrected chi connectivity index (χ0v) is 11.5. The Morgan fingerprint density at radius 1 is 1.21 bits per heavy atom. The number of benzene rings is 1. The number of nitrogens with one attached hydrogen (secondary N) is 1. The molecule has 5 heteroatoms. The van der Waals surface area contributed by atoms with E-state index in [1.165, 1.54) is 0 Å². The number of H-pyrrole nitrogens is 1. The Kier molecular flexibility index (Phi) is 3.94. The number of rotatable bonds is 5. The maximum absolute atomic E-state index is 5.64. The van der Waals surface area contributed by atoms with Gasteiger partial charge >= 0.3 is 0 Å². The molecule has 0 unspecified atom stereocenters. The fourth-order valence-corrected chi connectivity index (χ4v) is 2.10. The van der Waals surface area contributed by atoms with Crippen LogP contribution in [0.5, 0.6) is 11.5 Å². The van der Waals surface area contributed by atoms with E-state index in [1.54, 1.807) is 14.2 Å². The quantitative estimate of drug-likeness (QED) is 0.864. The third kappa shape index (κ3) is 2.99. The summed E-state index contributed by atoms with van der Waals surface area (Å²) in [6.07, 6.45) is 1.63. The van der Waals surface area contributed by atoms with Crippen LogP contribution in [0.15, 0.2) is 18.2 Å². The number of aromatic amines is 1. The monoisotopic (exact) mass is 261 g/mol. The van der Waals surface area contributed by atoms with Gasteiger partial charge in [-0.2, -0.15) is 0 Å². The smallest absolute Gasteiger partial charge is 0.197 e. The minimum absolute atomic E-state index is 0.463. The van der Waals surface area contributed by atoms with Gasteiger partial charge in [0.05, 0.1) is 19.9 Å². The van der Waals surface area contributed by atoms with E-state index in [9.17, 15) is 0 Å². The van der Waals surface area contributed by atoms with Crippen LogP contribution in [0.2, 0.25) is 0 Å². The Hall–Kier alpha value is -2.17. The van der Waals surface area contributed by atoms with Crippen molar-refractivity contribution in [2.24, 2.45) is 0 Å². The van der Waals surface area contributed by atoms with Crippen molar-refractivity contribution in [3.63, 3.8) is 0 Å². The number of ether oxygens (including phenoxy) is 2. The molecule has 2 rings (SSSR count). The molecule has 1 heterocycles. The fourth-order valence-electron chi connectivity index (χ4n) is 2.10. The van der Waals surface area contributed by atoms with Gasteiger partial charge in [0.25, 0.3) is 0 Å². The molecule has 0 aliphatic rings. The van der Waals surface area contributed by atoms with E-state index in [0.717, 1.165) is 41.3 Å². The zero-order valence-electron chi connectivity index (χ0n) is 11.5. The Labute approximate surface area is 112 Å². The van der Waals surface area contributed by atoms with Gasteiger partial charge in [-0.1, -0.05) is 0 Å². The molecule has 2 aromatic rings. The predicted octanol–water partition coefficient (Wildman–Crippen LogP) is 2.10. The molecule has 5 nitrogen and oxygen atoms in total. The topological polar surface area (TPSA) is 73.2 Å². The van der Waals surface area contributed by atoms with E-state index in [-0.39, 0.29) is 0 Å². The minimum Gasteiger partial charge on any atom is -0.497 e. The second kappa shape index (κ2) is 5.65. The van der Waals surface area contributed by atoms with Crippen molar-refractivity contribution in [1.29, 1.82) is 0 Å². The Bertz CT molecular complexity index is 564. The summed E-state index contributed by atoms with van der Waals surface area (Å²) in [4.78, 5) is 7.28. The molecular formula is C14H19N3O2. The lowest BCUT2D eigenvalue weighted by Gasteiger charge is -2.10. The third-order valence-corrected chi connectivity index (χ3v) is 3.12. The largest absolute Gasteiger partial charge is 0.497 e. The first-order valence-corrected chi connectivity index (χ1v) is 6.16. The van der Waals surface area contributed by atoms with E-state index in [1.807, 2.05) is 25.1 Å². The summed E-state index contributed by atoms with van der Waals surface area (Å²) in [5.41, 5.74) is 8.74. The molecule has 0 radical (unpaired) electrons. The molecule has 0 saturated heterocycles. The normalized spacial score (nSPS) is 10.5. The van der Waals surface area contributed by atoms with Gasteiger partial charge in [0.2, 0.25) is 0 Å². The lowest BCUT2D eigenvalue weighted by atomic mass is 10.1. The van der Waals surface area contributed by atoms with Gasteiger partial charge in [0.1, 0.15) is 11.5 Å². The highest BCUT2D eigenvalue weighted by molar-refractivity contribution is 5.41. The number of methoxy groups -OCH3 is 2. The number of anilines is 1. The van der Waals surface area contributed by atoms with Crippen molar-refractivity contribution >= 4 is 5.95 Å². The molecule has 0 amide bonds. The molecule has 0 bridgehead atoms. The van der Waals surface area contributed by atoms with Crippen LogP contribution in [-0.4, -0.2) is 24.2 Å². The number of hydrogen-bond donors (Lipinski definition) is 2. The summed E-state index contributed by atoms with van der Waals surface area (Å²) in [6.45, 7) is 1.97. The molecule has 0 atom stereocenters. The summed E-state index contributed by atoms with van der Waals surface area (Å²) in [5.74, 6) is 2.15. The molecule has 0 saturated carbocycles. The summed E-state index contributed by atoms with van der Waals surface area (Å²) in [6, 6.07) is 5.80. The molecule has 19 heavy (non-hydrogen) atoms. The number of aromatic nitrogens is 2. The number of nitrogen functional groups attached to an aromatic ring is 1. The van der Waals surface area contributed by atoms with Crippen LogP contribution in [-0.2, 0) is 12.8 Å². The van der Waals surface area contributed by atoms with Crippen molar-refractivity contribution in [2.75, 3.05) is 20.0 Å². The van der Waals surface area contributed by atoms with Crippen LogP contribution >= 0.6 is 0 Å². The van der Waals surface area contributed by atoms with Crippen molar-refractivity contribution in [3.05, 3.63) is 35.2 Å². The molecule has 0 aliphatic carbocycles. The zero-order chi connectivity index (χ0) is 13.8. The first kappa shape index (κ1) is 13.3. The van der Waals surface area contributed by atoms with Gasteiger partial charge in [0.15, 0.2) is 5.95 Å². The highest BCUT2D eigenvalue weighted by Crippen LogP contribution is 2.25. The molecule has 102 valence electrons. The van der Waals surface area contributed by atoms with Crippen molar-refractivity contribution in [3.8, 4) is 11.5 Å². The first-order chi connectivity index (χ1) is 9.13. The van der Waals surface area contributed by atoms with Gasteiger partial charge in [-0.05, 0) is 43.5 Å². The van der Waals surface area contributed by atoms with E-state index in [0.29, 0.717) is 5.95 Å². The van der Waals surface area contributed by atoms with Crippen LogP contribution < -0.4 is 15.2 Å². The number of nitrogens with zero attached hydrogens (tertiary/aromatic N) is 1. The second-order valence-electron chi connectivity index (χ2n) is 4.37. The summed E-state index contributed by atoms with van der Waals surface area (Å²) >= 11 is 0. The predicted molar refractivity (Wildman–Crippen MR) is 74.7 cm³/mol. The Morgan fingerprint density at radius 2 is 2.00 bits per heavy atom. The molecule has 0 spiro atoms. The summed E-state index contributed by atoms with van der Waals surface area (Å²) in [7, 11) is 3.33. The number of nitrogens with two attached hydrogens (primary N) is 1. The molecule has 0 aliphatic heterocycles. The average Bonchev–Trinajstić information content (AvgIpc) is 2.74. The SMILES string of the molecule is COc1ccc(OC)c(CCc2nc(N)[nH]c2C)c1. The second-order valence-corrected chi connectivity index (χ2v) is 4.37. The lowest BCUT2D eigenvalue weighted by molar-refractivity contribution is 0.398.